The molecule has 138 valence electrons. The Kier molecular flexibility index (Phi) is 8.15. The molecule has 2 rings (SSSR count). The van der Waals surface area contributed by atoms with E-state index in [1.807, 2.05) is 19.1 Å². The second kappa shape index (κ2) is 10.4. The van der Waals surface area contributed by atoms with Crippen LogP contribution in [0.3, 0.4) is 0 Å². The molecular weight excluding hydrogens is 334 g/mol. The average molecular weight is 364 g/mol. The highest BCUT2D eigenvalue weighted by Gasteiger charge is 2.12. The molecule has 1 saturated heterocycles. The molecule has 1 aromatic carbocycles. The SMILES string of the molecule is COC(=O)c1cccc(NC(=S)NCCCN2CCCCCC2)c1C. The predicted molar refractivity (Wildman–Crippen MR) is 106 cm³/mol. The molecule has 1 aromatic rings. The molecule has 0 aliphatic carbocycles. The number of thiocarbonyl (C=S) groups is 1. The highest BCUT2D eigenvalue weighted by atomic mass is 32.1. The summed E-state index contributed by atoms with van der Waals surface area (Å²) in [4.78, 5) is 14.3. The molecular formula is C19H29N3O2S. The lowest BCUT2D eigenvalue weighted by molar-refractivity contribution is 0.0600. The maximum atomic E-state index is 11.8. The van der Waals surface area contributed by atoms with Gasteiger partial charge in [-0.15, -0.1) is 0 Å². The van der Waals surface area contributed by atoms with Crippen LogP contribution in [0, 0.1) is 6.92 Å². The number of likely N-dealkylation sites (tertiary alicyclic amines) is 1. The van der Waals surface area contributed by atoms with E-state index in [-0.39, 0.29) is 5.97 Å². The molecule has 2 N–H and O–H groups in total. The lowest BCUT2D eigenvalue weighted by Gasteiger charge is -2.20. The van der Waals surface area contributed by atoms with Gasteiger partial charge in [0.25, 0.3) is 0 Å². The first-order valence-electron chi connectivity index (χ1n) is 9.07. The summed E-state index contributed by atoms with van der Waals surface area (Å²) in [7, 11) is 1.39. The van der Waals surface area contributed by atoms with Crippen LogP contribution in [-0.2, 0) is 4.74 Å². The number of hydrogen-bond donors (Lipinski definition) is 2. The first-order valence-corrected chi connectivity index (χ1v) is 9.48. The van der Waals surface area contributed by atoms with Gasteiger partial charge in [-0.1, -0.05) is 18.9 Å². The summed E-state index contributed by atoms with van der Waals surface area (Å²) >= 11 is 5.37. The summed E-state index contributed by atoms with van der Waals surface area (Å²) in [6.45, 7) is 6.30. The minimum absolute atomic E-state index is 0.336. The van der Waals surface area contributed by atoms with Crippen molar-refractivity contribution in [1.82, 2.24) is 10.2 Å². The van der Waals surface area contributed by atoms with E-state index in [9.17, 15) is 4.79 Å². The van der Waals surface area contributed by atoms with E-state index in [0.29, 0.717) is 10.7 Å². The molecule has 1 aliphatic heterocycles. The largest absolute Gasteiger partial charge is 0.465 e. The Balaban J connectivity index is 1.75. The molecule has 0 radical (unpaired) electrons. The fourth-order valence-electron chi connectivity index (χ4n) is 3.13. The van der Waals surface area contributed by atoms with Crippen molar-refractivity contribution >= 4 is 29.0 Å². The maximum absolute atomic E-state index is 11.8. The number of esters is 1. The molecule has 5 nitrogen and oxygen atoms in total. The lowest BCUT2D eigenvalue weighted by Crippen LogP contribution is -2.33. The van der Waals surface area contributed by atoms with Gasteiger partial charge in [0, 0.05) is 12.2 Å². The second-order valence-corrected chi connectivity index (χ2v) is 6.87. The fourth-order valence-corrected chi connectivity index (χ4v) is 3.35. The zero-order valence-corrected chi connectivity index (χ0v) is 16.1. The van der Waals surface area contributed by atoms with Gasteiger partial charge in [0.15, 0.2) is 5.11 Å². The van der Waals surface area contributed by atoms with E-state index in [2.05, 4.69) is 15.5 Å². The van der Waals surface area contributed by atoms with Gasteiger partial charge < -0.3 is 20.3 Å². The summed E-state index contributed by atoms with van der Waals surface area (Å²) in [5.74, 6) is -0.336. The van der Waals surface area contributed by atoms with Gasteiger partial charge in [0.05, 0.1) is 12.7 Å². The molecule has 25 heavy (non-hydrogen) atoms. The highest BCUT2D eigenvalue weighted by Crippen LogP contribution is 2.19. The van der Waals surface area contributed by atoms with Crippen LogP contribution >= 0.6 is 12.2 Å². The topological polar surface area (TPSA) is 53.6 Å². The number of carbonyl (C=O) groups is 1. The minimum Gasteiger partial charge on any atom is -0.465 e. The Labute approximate surface area is 156 Å². The van der Waals surface area contributed by atoms with Crippen molar-refractivity contribution in [3.8, 4) is 0 Å². The predicted octanol–water partition coefficient (Wildman–Crippen LogP) is 3.33. The molecule has 0 aromatic heterocycles. The number of nitrogens with one attached hydrogen (secondary N) is 2. The van der Waals surface area contributed by atoms with Crippen LogP contribution in [0.4, 0.5) is 5.69 Å². The third kappa shape index (κ3) is 6.29. The summed E-state index contributed by atoms with van der Waals surface area (Å²) in [6, 6.07) is 5.49. The Bertz CT molecular complexity index is 584. The monoisotopic (exact) mass is 363 g/mol. The van der Waals surface area contributed by atoms with Crippen LogP contribution < -0.4 is 10.6 Å². The van der Waals surface area contributed by atoms with Crippen molar-refractivity contribution in [3.05, 3.63) is 29.3 Å². The van der Waals surface area contributed by atoms with Crippen molar-refractivity contribution in [2.24, 2.45) is 0 Å². The third-order valence-corrected chi connectivity index (χ3v) is 4.87. The standard InChI is InChI=1S/C19H29N3O2S/c1-15-16(18(23)24-2)9-7-10-17(15)21-19(25)20-11-8-14-22-12-5-3-4-6-13-22/h7,9-10H,3-6,8,11-14H2,1-2H3,(H2,20,21,25). The van der Waals surface area contributed by atoms with Crippen LogP contribution in [0.25, 0.3) is 0 Å². The van der Waals surface area contributed by atoms with Crippen molar-refractivity contribution in [2.75, 3.05) is 38.6 Å². The molecule has 0 bridgehead atoms. The van der Waals surface area contributed by atoms with Crippen LogP contribution in [0.15, 0.2) is 18.2 Å². The van der Waals surface area contributed by atoms with Gasteiger partial charge in [-0.3, -0.25) is 0 Å². The first-order chi connectivity index (χ1) is 12.1. The summed E-state index contributed by atoms with van der Waals surface area (Å²) in [6.07, 6.45) is 6.45. The number of methoxy groups -OCH3 is 1. The maximum Gasteiger partial charge on any atom is 0.338 e. The highest BCUT2D eigenvalue weighted by molar-refractivity contribution is 7.80. The zero-order valence-electron chi connectivity index (χ0n) is 15.3. The number of carbonyl (C=O) groups excluding carboxylic acids is 1. The van der Waals surface area contributed by atoms with Crippen LogP contribution in [-0.4, -0.2) is 49.3 Å². The first kappa shape index (κ1) is 19.7. The van der Waals surface area contributed by atoms with E-state index in [4.69, 9.17) is 17.0 Å². The van der Waals surface area contributed by atoms with Crippen molar-refractivity contribution in [1.29, 1.82) is 0 Å². The Morgan fingerprint density at radius 3 is 2.64 bits per heavy atom. The number of ether oxygens (including phenoxy) is 1. The minimum atomic E-state index is -0.336. The van der Waals surface area contributed by atoms with Gasteiger partial charge in [0.2, 0.25) is 0 Å². The van der Waals surface area contributed by atoms with E-state index in [1.54, 1.807) is 6.07 Å². The number of anilines is 1. The fraction of sp³-hybridized carbons (Fsp3) is 0.579. The molecule has 0 amide bonds. The average Bonchev–Trinajstić information content (AvgIpc) is 2.89. The Morgan fingerprint density at radius 2 is 1.96 bits per heavy atom. The van der Waals surface area contributed by atoms with E-state index in [1.165, 1.54) is 45.9 Å². The van der Waals surface area contributed by atoms with Crippen molar-refractivity contribution < 1.29 is 9.53 Å². The number of hydrogen-bond acceptors (Lipinski definition) is 4. The molecule has 0 unspecified atom stereocenters. The molecule has 0 atom stereocenters. The van der Waals surface area contributed by atoms with Crippen LogP contribution in [0.5, 0.6) is 0 Å². The molecule has 1 heterocycles. The molecule has 1 fully saturated rings. The molecule has 0 saturated carbocycles. The Hall–Kier alpha value is -1.66. The van der Waals surface area contributed by atoms with E-state index in [0.717, 1.165) is 30.8 Å². The van der Waals surface area contributed by atoms with Gasteiger partial charge in [-0.2, -0.15) is 0 Å². The smallest absolute Gasteiger partial charge is 0.338 e. The van der Waals surface area contributed by atoms with E-state index >= 15 is 0 Å². The van der Waals surface area contributed by atoms with Crippen molar-refractivity contribution in [3.63, 3.8) is 0 Å². The summed E-state index contributed by atoms with van der Waals surface area (Å²) < 4.78 is 4.80. The number of benzene rings is 1. The summed E-state index contributed by atoms with van der Waals surface area (Å²) in [5.41, 5.74) is 2.22. The zero-order chi connectivity index (χ0) is 18.1. The normalized spacial score (nSPS) is 15.3. The molecule has 1 aliphatic rings. The number of nitrogens with zero attached hydrogens (tertiary/aromatic N) is 1. The van der Waals surface area contributed by atoms with Crippen LogP contribution in [0.1, 0.15) is 48.0 Å². The molecule has 6 heteroatoms. The van der Waals surface area contributed by atoms with Gasteiger partial charge >= 0.3 is 5.97 Å². The lowest BCUT2D eigenvalue weighted by atomic mass is 10.1. The van der Waals surface area contributed by atoms with Gasteiger partial charge in [0.1, 0.15) is 0 Å². The summed E-state index contributed by atoms with van der Waals surface area (Å²) in [5, 5.41) is 7.01. The van der Waals surface area contributed by atoms with Gasteiger partial charge in [-0.05, 0) is 75.7 Å². The molecule has 0 spiro atoms. The second-order valence-electron chi connectivity index (χ2n) is 6.46. The van der Waals surface area contributed by atoms with E-state index < -0.39 is 0 Å². The Morgan fingerprint density at radius 1 is 1.24 bits per heavy atom. The quantitative estimate of drug-likeness (QED) is 0.459. The van der Waals surface area contributed by atoms with Gasteiger partial charge in [-0.25, -0.2) is 4.79 Å². The number of rotatable bonds is 6. The van der Waals surface area contributed by atoms with Crippen LogP contribution in [0.2, 0.25) is 0 Å². The third-order valence-electron chi connectivity index (χ3n) is 4.62. The van der Waals surface area contributed by atoms with Crippen molar-refractivity contribution in [2.45, 2.75) is 39.0 Å².